The Balaban J connectivity index is 2.58. The molecule has 2 N–H and O–H groups in total. The Hall–Kier alpha value is -2.04. The summed E-state index contributed by atoms with van der Waals surface area (Å²) >= 11 is 0. The average Bonchev–Trinajstić information content (AvgIpc) is 2.64. The third-order valence-corrected chi connectivity index (χ3v) is 2.18. The summed E-state index contributed by atoms with van der Waals surface area (Å²) in [6.07, 6.45) is 1.64. The summed E-state index contributed by atoms with van der Waals surface area (Å²) in [7, 11) is 1.61. The van der Waals surface area contributed by atoms with Crippen molar-refractivity contribution in [1.82, 2.24) is 14.8 Å². The molecular formula is C10H12N4O. The predicted octanol–water partition coefficient (Wildman–Crippen LogP) is 1.17. The van der Waals surface area contributed by atoms with Gasteiger partial charge in [-0.3, -0.25) is 4.57 Å². The number of nitrogens with zero attached hydrogens (tertiary/aromatic N) is 3. The second-order valence-corrected chi connectivity index (χ2v) is 3.18. The van der Waals surface area contributed by atoms with Gasteiger partial charge >= 0.3 is 0 Å². The van der Waals surface area contributed by atoms with E-state index in [1.54, 1.807) is 19.5 Å². The van der Waals surface area contributed by atoms with Gasteiger partial charge in [0, 0.05) is 11.8 Å². The molecular weight excluding hydrogens is 192 g/mol. The first-order valence-electron chi connectivity index (χ1n) is 4.53. The SMILES string of the molecule is COc1cc(N)ccc1-n1cnnc1C. The van der Waals surface area contributed by atoms with Gasteiger partial charge in [0.2, 0.25) is 0 Å². The molecule has 78 valence electrons. The Morgan fingerprint density at radius 1 is 1.40 bits per heavy atom. The molecule has 1 heterocycles. The van der Waals surface area contributed by atoms with Gasteiger partial charge < -0.3 is 10.5 Å². The normalized spacial score (nSPS) is 10.3. The Kier molecular flexibility index (Phi) is 2.29. The van der Waals surface area contributed by atoms with Gasteiger partial charge in [-0.15, -0.1) is 10.2 Å². The molecule has 5 nitrogen and oxygen atoms in total. The molecule has 5 heteroatoms. The van der Waals surface area contributed by atoms with Crippen molar-refractivity contribution in [2.45, 2.75) is 6.92 Å². The first kappa shape index (κ1) is 9.51. The lowest BCUT2D eigenvalue weighted by atomic mass is 10.2. The highest BCUT2D eigenvalue weighted by Gasteiger charge is 2.07. The summed E-state index contributed by atoms with van der Waals surface area (Å²) in [4.78, 5) is 0. The number of hydrogen-bond acceptors (Lipinski definition) is 4. The summed E-state index contributed by atoms with van der Waals surface area (Å²) in [6, 6.07) is 5.47. The van der Waals surface area contributed by atoms with Crippen molar-refractivity contribution in [1.29, 1.82) is 0 Å². The monoisotopic (exact) mass is 204 g/mol. The Bertz CT molecular complexity index is 478. The molecule has 2 rings (SSSR count). The molecule has 0 fully saturated rings. The van der Waals surface area contributed by atoms with Crippen molar-refractivity contribution in [2.24, 2.45) is 0 Å². The number of aryl methyl sites for hydroxylation is 1. The molecule has 0 atom stereocenters. The van der Waals surface area contributed by atoms with E-state index in [1.807, 2.05) is 23.6 Å². The van der Waals surface area contributed by atoms with Crippen LogP contribution in [0.1, 0.15) is 5.82 Å². The zero-order chi connectivity index (χ0) is 10.8. The van der Waals surface area contributed by atoms with Gasteiger partial charge in [0.25, 0.3) is 0 Å². The van der Waals surface area contributed by atoms with E-state index in [1.165, 1.54) is 0 Å². The molecule has 0 amide bonds. The van der Waals surface area contributed by atoms with Crippen LogP contribution in [0.3, 0.4) is 0 Å². The van der Waals surface area contributed by atoms with Crippen LogP contribution in [-0.4, -0.2) is 21.9 Å². The van der Waals surface area contributed by atoms with Crippen LogP contribution in [0, 0.1) is 6.92 Å². The first-order valence-corrected chi connectivity index (χ1v) is 4.53. The molecule has 15 heavy (non-hydrogen) atoms. The summed E-state index contributed by atoms with van der Waals surface area (Å²) in [6.45, 7) is 1.88. The standard InChI is InChI=1S/C10H12N4O/c1-7-13-12-6-14(7)9-4-3-8(11)5-10(9)15-2/h3-6H,11H2,1-2H3. The van der Waals surface area contributed by atoms with Gasteiger partial charge in [-0.2, -0.15) is 0 Å². The largest absolute Gasteiger partial charge is 0.494 e. The molecule has 0 spiro atoms. The van der Waals surface area contributed by atoms with E-state index in [0.717, 1.165) is 11.5 Å². The number of aromatic nitrogens is 3. The Morgan fingerprint density at radius 2 is 2.20 bits per heavy atom. The molecule has 0 bridgehead atoms. The second-order valence-electron chi connectivity index (χ2n) is 3.18. The van der Waals surface area contributed by atoms with Gasteiger partial charge in [-0.1, -0.05) is 0 Å². The second kappa shape index (κ2) is 3.61. The van der Waals surface area contributed by atoms with Gasteiger partial charge in [0.15, 0.2) is 0 Å². The highest BCUT2D eigenvalue weighted by molar-refractivity contribution is 5.56. The predicted molar refractivity (Wildman–Crippen MR) is 57.1 cm³/mol. The quantitative estimate of drug-likeness (QED) is 0.745. The van der Waals surface area contributed by atoms with E-state index in [2.05, 4.69) is 10.2 Å². The summed E-state index contributed by atoms with van der Waals surface area (Å²) in [5.74, 6) is 1.51. The van der Waals surface area contributed by atoms with Crippen LogP contribution in [0.5, 0.6) is 5.75 Å². The molecule has 1 aromatic heterocycles. The number of hydrogen-bond donors (Lipinski definition) is 1. The van der Waals surface area contributed by atoms with E-state index >= 15 is 0 Å². The minimum Gasteiger partial charge on any atom is -0.494 e. The molecule has 0 saturated carbocycles. The molecule has 0 aliphatic rings. The van der Waals surface area contributed by atoms with Crippen LogP contribution in [0.2, 0.25) is 0 Å². The van der Waals surface area contributed by atoms with Crippen molar-refractivity contribution in [2.75, 3.05) is 12.8 Å². The molecule has 0 radical (unpaired) electrons. The molecule has 1 aromatic carbocycles. The smallest absolute Gasteiger partial charge is 0.144 e. The summed E-state index contributed by atoms with van der Waals surface area (Å²) in [5, 5.41) is 7.74. The third-order valence-electron chi connectivity index (χ3n) is 2.18. The molecule has 2 aromatic rings. The van der Waals surface area contributed by atoms with Gasteiger partial charge in [0.1, 0.15) is 17.9 Å². The van der Waals surface area contributed by atoms with Crippen LogP contribution >= 0.6 is 0 Å². The number of nitrogen functional groups attached to an aromatic ring is 1. The number of methoxy groups -OCH3 is 1. The lowest BCUT2D eigenvalue weighted by Crippen LogP contribution is -2.00. The first-order chi connectivity index (χ1) is 7.22. The Morgan fingerprint density at radius 3 is 2.80 bits per heavy atom. The van der Waals surface area contributed by atoms with E-state index in [9.17, 15) is 0 Å². The topological polar surface area (TPSA) is 66.0 Å². The highest BCUT2D eigenvalue weighted by Crippen LogP contribution is 2.25. The highest BCUT2D eigenvalue weighted by atomic mass is 16.5. The molecule has 0 aliphatic carbocycles. The van der Waals surface area contributed by atoms with E-state index < -0.39 is 0 Å². The minimum absolute atomic E-state index is 0.668. The fourth-order valence-electron chi connectivity index (χ4n) is 1.42. The average molecular weight is 204 g/mol. The van der Waals surface area contributed by atoms with Gasteiger partial charge in [-0.25, -0.2) is 0 Å². The maximum Gasteiger partial charge on any atom is 0.144 e. The minimum atomic E-state index is 0.668. The van der Waals surface area contributed by atoms with Crippen molar-refractivity contribution in [3.63, 3.8) is 0 Å². The van der Waals surface area contributed by atoms with Crippen LogP contribution < -0.4 is 10.5 Å². The number of nitrogens with two attached hydrogens (primary N) is 1. The van der Waals surface area contributed by atoms with Crippen molar-refractivity contribution in [3.05, 3.63) is 30.4 Å². The third kappa shape index (κ3) is 1.63. The molecule has 0 aliphatic heterocycles. The van der Waals surface area contributed by atoms with Gasteiger partial charge in [0.05, 0.1) is 12.8 Å². The maximum absolute atomic E-state index is 5.67. The maximum atomic E-state index is 5.67. The summed E-state index contributed by atoms with van der Waals surface area (Å²) in [5.41, 5.74) is 7.23. The number of benzene rings is 1. The van der Waals surface area contributed by atoms with Crippen molar-refractivity contribution in [3.8, 4) is 11.4 Å². The lowest BCUT2D eigenvalue weighted by molar-refractivity contribution is 0.413. The van der Waals surface area contributed by atoms with E-state index in [0.29, 0.717) is 11.4 Å². The number of ether oxygens (including phenoxy) is 1. The van der Waals surface area contributed by atoms with Crippen molar-refractivity contribution >= 4 is 5.69 Å². The Labute approximate surface area is 87.5 Å². The summed E-state index contributed by atoms with van der Waals surface area (Å²) < 4.78 is 7.09. The fourth-order valence-corrected chi connectivity index (χ4v) is 1.42. The van der Waals surface area contributed by atoms with Crippen molar-refractivity contribution < 1.29 is 4.74 Å². The fraction of sp³-hybridized carbons (Fsp3) is 0.200. The van der Waals surface area contributed by atoms with Crippen LogP contribution in [0.4, 0.5) is 5.69 Å². The zero-order valence-corrected chi connectivity index (χ0v) is 8.64. The van der Waals surface area contributed by atoms with E-state index in [-0.39, 0.29) is 0 Å². The van der Waals surface area contributed by atoms with Crippen LogP contribution in [0.25, 0.3) is 5.69 Å². The zero-order valence-electron chi connectivity index (χ0n) is 8.64. The molecule has 0 unspecified atom stereocenters. The number of rotatable bonds is 2. The van der Waals surface area contributed by atoms with Gasteiger partial charge in [-0.05, 0) is 19.1 Å². The molecule has 0 saturated heterocycles. The van der Waals surface area contributed by atoms with E-state index in [4.69, 9.17) is 10.5 Å². The lowest BCUT2D eigenvalue weighted by Gasteiger charge is -2.10. The van der Waals surface area contributed by atoms with Crippen LogP contribution in [-0.2, 0) is 0 Å². The van der Waals surface area contributed by atoms with Crippen LogP contribution in [0.15, 0.2) is 24.5 Å². The number of anilines is 1.